The van der Waals surface area contributed by atoms with Gasteiger partial charge in [0.25, 0.3) is 0 Å². The van der Waals surface area contributed by atoms with E-state index in [-0.39, 0.29) is 17.9 Å². The number of benzene rings is 1. The molecule has 2 aliphatic heterocycles. The second-order valence-electron chi connectivity index (χ2n) is 9.03. The van der Waals surface area contributed by atoms with Crippen molar-refractivity contribution in [3.8, 4) is 5.75 Å². The van der Waals surface area contributed by atoms with Crippen LogP contribution < -0.4 is 4.74 Å². The van der Waals surface area contributed by atoms with Crippen molar-refractivity contribution in [2.75, 3.05) is 32.8 Å². The number of para-hydroxylation sites is 1. The third kappa shape index (κ3) is 4.31. The maximum atomic E-state index is 13.1. The molecule has 5 heteroatoms. The zero-order valence-corrected chi connectivity index (χ0v) is 17.8. The summed E-state index contributed by atoms with van der Waals surface area (Å²) in [5, 5.41) is 11.5. The summed E-state index contributed by atoms with van der Waals surface area (Å²) in [6, 6.07) is 8.26. The van der Waals surface area contributed by atoms with Crippen molar-refractivity contribution in [2.45, 2.75) is 69.9 Å². The summed E-state index contributed by atoms with van der Waals surface area (Å²) < 4.78 is 5.97. The lowest BCUT2D eigenvalue weighted by Crippen LogP contribution is -2.56. The van der Waals surface area contributed by atoms with Crippen molar-refractivity contribution in [3.05, 3.63) is 29.8 Å². The number of hydrogen-bond acceptors (Lipinski definition) is 4. The zero-order valence-electron chi connectivity index (χ0n) is 17.8. The average Bonchev–Trinajstić information content (AvgIpc) is 2.75. The van der Waals surface area contributed by atoms with Crippen molar-refractivity contribution >= 4 is 5.91 Å². The fraction of sp³-hybridized carbons (Fsp3) is 0.708. The number of aliphatic hydroxyl groups is 1. The number of rotatable bonds is 5. The van der Waals surface area contributed by atoms with Crippen LogP contribution in [-0.4, -0.2) is 59.2 Å². The van der Waals surface area contributed by atoms with E-state index in [0.717, 1.165) is 75.9 Å². The lowest BCUT2D eigenvalue weighted by Gasteiger charge is -2.53. The SMILES string of the molecule is CCOc1ccccc1[C@H]1[C@H]2CCCC[C@]2(O)CCN1CC(=O)N1CCCCC1. The van der Waals surface area contributed by atoms with Crippen molar-refractivity contribution in [2.24, 2.45) is 5.92 Å². The molecule has 3 atom stereocenters. The van der Waals surface area contributed by atoms with Gasteiger partial charge in [-0.05, 0) is 51.5 Å². The molecule has 1 N–H and O–H groups in total. The quantitative estimate of drug-likeness (QED) is 0.818. The van der Waals surface area contributed by atoms with Crippen molar-refractivity contribution in [1.82, 2.24) is 9.80 Å². The molecule has 0 unspecified atom stereocenters. The molecule has 1 saturated carbocycles. The van der Waals surface area contributed by atoms with Gasteiger partial charge in [-0.25, -0.2) is 0 Å². The number of amides is 1. The third-order valence-corrected chi connectivity index (χ3v) is 7.26. The summed E-state index contributed by atoms with van der Waals surface area (Å²) in [6.45, 7) is 5.60. The van der Waals surface area contributed by atoms with Gasteiger partial charge in [0.15, 0.2) is 0 Å². The number of hydrogen-bond donors (Lipinski definition) is 1. The molecule has 4 rings (SSSR count). The van der Waals surface area contributed by atoms with Gasteiger partial charge < -0.3 is 14.7 Å². The van der Waals surface area contributed by atoms with Gasteiger partial charge in [0.05, 0.1) is 18.8 Å². The molecular formula is C24H36N2O3. The molecule has 0 radical (unpaired) electrons. The molecule has 2 saturated heterocycles. The molecule has 2 heterocycles. The number of carbonyl (C=O) groups is 1. The van der Waals surface area contributed by atoms with Crippen LogP contribution in [0.1, 0.15) is 69.9 Å². The standard InChI is InChI=1S/C24H36N2O3/c1-2-29-21-12-5-4-10-19(21)23-20-11-6-7-13-24(20,28)14-17-26(23)18-22(27)25-15-8-3-9-16-25/h4-5,10,12,20,23,28H,2-3,6-9,11,13-18H2,1H3/t20-,23+,24+/m1/s1. The van der Waals surface area contributed by atoms with Crippen LogP contribution in [0.15, 0.2) is 24.3 Å². The molecule has 0 spiro atoms. The molecule has 3 fully saturated rings. The number of carbonyl (C=O) groups excluding carboxylic acids is 1. The van der Waals surface area contributed by atoms with E-state index in [1.165, 1.54) is 6.42 Å². The number of fused-ring (bicyclic) bond motifs is 1. The molecule has 160 valence electrons. The first-order chi connectivity index (χ1) is 14.1. The second kappa shape index (κ2) is 9.05. The average molecular weight is 401 g/mol. The summed E-state index contributed by atoms with van der Waals surface area (Å²) in [4.78, 5) is 17.5. The maximum absolute atomic E-state index is 13.1. The van der Waals surface area contributed by atoms with E-state index in [0.29, 0.717) is 13.2 Å². The molecule has 1 aromatic carbocycles. The smallest absolute Gasteiger partial charge is 0.236 e. The summed E-state index contributed by atoms with van der Waals surface area (Å²) in [5.41, 5.74) is 0.512. The lowest BCUT2D eigenvalue weighted by molar-refractivity contribution is -0.145. The summed E-state index contributed by atoms with van der Waals surface area (Å²) in [5.74, 6) is 1.29. The first kappa shape index (κ1) is 20.7. The van der Waals surface area contributed by atoms with Gasteiger partial charge in [-0.2, -0.15) is 0 Å². The predicted molar refractivity (Wildman–Crippen MR) is 114 cm³/mol. The van der Waals surface area contributed by atoms with E-state index < -0.39 is 5.60 Å². The van der Waals surface area contributed by atoms with E-state index >= 15 is 0 Å². The van der Waals surface area contributed by atoms with Crippen LogP contribution in [0.2, 0.25) is 0 Å². The topological polar surface area (TPSA) is 53.0 Å². The van der Waals surface area contributed by atoms with Gasteiger partial charge in [-0.3, -0.25) is 9.69 Å². The molecule has 1 aliphatic carbocycles. The highest BCUT2D eigenvalue weighted by Crippen LogP contribution is 2.50. The number of ether oxygens (including phenoxy) is 1. The highest BCUT2D eigenvalue weighted by atomic mass is 16.5. The Bertz CT molecular complexity index is 703. The highest BCUT2D eigenvalue weighted by Gasteiger charge is 2.50. The minimum absolute atomic E-state index is 0.0329. The lowest BCUT2D eigenvalue weighted by atomic mass is 9.66. The second-order valence-corrected chi connectivity index (χ2v) is 9.03. The Morgan fingerprint density at radius 2 is 1.90 bits per heavy atom. The van der Waals surface area contributed by atoms with Crippen LogP contribution in [-0.2, 0) is 4.79 Å². The van der Waals surface area contributed by atoms with Crippen LogP contribution in [0, 0.1) is 5.92 Å². The van der Waals surface area contributed by atoms with E-state index in [4.69, 9.17) is 4.74 Å². The number of likely N-dealkylation sites (tertiary alicyclic amines) is 2. The predicted octanol–water partition coefficient (Wildman–Crippen LogP) is 3.77. The molecule has 5 nitrogen and oxygen atoms in total. The first-order valence-electron chi connectivity index (χ1n) is 11.6. The van der Waals surface area contributed by atoms with E-state index in [9.17, 15) is 9.90 Å². The molecular weight excluding hydrogens is 364 g/mol. The molecule has 0 aromatic heterocycles. The summed E-state index contributed by atoms with van der Waals surface area (Å²) in [6.07, 6.45) is 8.35. The Kier molecular flexibility index (Phi) is 6.45. The Hall–Kier alpha value is -1.59. The fourth-order valence-electron chi connectivity index (χ4n) is 5.76. The van der Waals surface area contributed by atoms with Crippen molar-refractivity contribution < 1.29 is 14.6 Å². The van der Waals surface area contributed by atoms with Crippen LogP contribution in [0.5, 0.6) is 5.75 Å². The third-order valence-electron chi connectivity index (χ3n) is 7.26. The van der Waals surface area contributed by atoms with Gasteiger partial charge in [0.2, 0.25) is 5.91 Å². The monoisotopic (exact) mass is 400 g/mol. The Labute approximate surface area is 175 Å². The van der Waals surface area contributed by atoms with Crippen molar-refractivity contribution in [1.29, 1.82) is 0 Å². The van der Waals surface area contributed by atoms with Crippen LogP contribution >= 0.6 is 0 Å². The Morgan fingerprint density at radius 1 is 1.10 bits per heavy atom. The minimum Gasteiger partial charge on any atom is -0.494 e. The largest absolute Gasteiger partial charge is 0.494 e. The minimum atomic E-state index is -0.618. The Balaban J connectivity index is 1.63. The van der Waals surface area contributed by atoms with Gasteiger partial charge in [0.1, 0.15) is 5.75 Å². The van der Waals surface area contributed by atoms with E-state index in [1.807, 2.05) is 24.0 Å². The molecule has 1 aromatic rings. The van der Waals surface area contributed by atoms with Crippen LogP contribution in [0.3, 0.4) is 0 Å². The van der Waals surface area contributed by atoms with Crippen molar-refractivity contribution in [3.63, 3.8) is 0 Å². The van der Waals surface area contributed by atoms with Gasteiger partial charge in [-0.15, -0.1) is 0 Å². The molecule has 3 aliphatic rings. The van der Waals surface area contributed by atoms with E-state index in [2.05, 4.69) is 17.0 Å². The zero-order chi connectivity index (χ0) is 20.3. The van der Waals surface area contributed by atoms with Gasteiger partial charge in [-0.1, -0.05) is 31.0 Å². The van der Waals surface area contributed by atoms with Gasteiger partial charge >= 0.3 is 0 Å². The number of nitrogens with zero attached hydrogens (tertiary/aromatic N) is 2. The van der Waals surface area contributed by atoms with Gasteiger partial charge in [0, 0.05) is 37.2 Å². The van der Waals surface area contributed by atoms with E-state index in [1.54, 1.807) is 0 Å². The maximum Gasteiger partial charge on any atom is 0.236 e. The first-order valence-corrected chi connectivity index (χ1v) is 11.6. The summed E-state index contributed by atoms with van der Waals surface area (Å²) in [7, 11) is 0. The molecule has 0 bridgehead atoms. The summed E-state index contributed by atoms with van der Waals surface area (Å²) >= 11 is 0. The molecule has 29 heavy (non-hydrogen) atoms. The normalized spacial score (nSPS) is 30.6. The highest BCUT2D eigenvalue weighted by molar-refractivity contribution is 5.78. The van der Waals surface area contributed by atoms with Crippen LogP contribution in [0.4, 0.5) is 0 Å². The molecule has 1 amide bonds. The van der Waals surface area contributed by atoms with Crippen LogP contribution in [0.25, 0.3) is 0 Å². The fourth-order valence-corrected chi connectivity index (χ4v) is 5.76. The Morgan fingerprint density at radius 3 is 2.69 bits per heavy atom. The number of piperidine rings is 2.